The highest BCUT2D eigenvalue weighted by Crippen LogP contribution is 2.39. The Kier molecular flexibility index (Phi) is 4.99. The van der Waals surface area contributed by atoms with Crippen LogP contribution in [-0.4, -0.2) is 35.2 Å². The number of hydrogen-bond acceptors (Lipinski definition) is 4. The fourth-order valence-electron chi connectivity index (χ4n) is 4.18. The first-order valence-electron chi connectivity index (χ1n) is 9.79. The highest BCUT2D eigenvalue weighted by atomic mass is 16.2. The van der Waals surface area contributed by atoms with Crippen LogP contribution >= 0.6 is 0 Å². The molecule has 8 heteroatoms. The molecule has 154 valence electrons. The van der Waals surface area contributed by atoms with E-state index in [9.17, 15) is 19.2 Å². The van der Waals surface area contributed by atoms with Crippen LogP contribution in [0.4, 0.5) is 16.2 Å². The smallest absolute Gasteiger partial charge is 0.325 e. The van der Waals surface area contributed by atoms with Crippen molar-refractivity contribution >= 4 is 35.1 Å². The summed E-state index contributed by atoms with van der Waals surface area (Å²) in [5.74, 6) is -1.13. The Bertz CT molecular complexity index is 1050. The Morgan fingerprint density at radius 3 is 2.57 bits per heavy atom. The second-order valence-electron chi connectivity index (χ2n) is 7.55. The third-order valence-corrected chi connectivity index (χ3v) is 5.42. The Hall–Kier alpha value is -3.68. The second kappa shape index (κ2) is 7.62. The van der Waals surface area contributed by atoms with E-state index >= 15 is 0 Å². The van der Waals surface area contributed by atoms with Crippen molar-refractivity contribution in [3.05, 3.63) is 59.7 Å². The summed E-state index contributed by atoms with van der Waals surface area (Å²) >= 11 is 0. The minimum atomic E-state index is -1.10. The van der Waals surface area contributed by atoms with E-state index in [2.05, 4.69) is 16.0 Å². The number of fused-ring (bicyclic) bond motifs is 2. The zero-order valence-corrected chi connectivity index (χ0v) is 16.5. The van der Waals surface area contributed by atoms with Gasteiger partial charge in [-0.05, 0) is 48.6 Å². The Morgan fingerprint density at radius 1 is 1.07 bits per heavy atom. The van der Waals surface area contributed by atoms with Gasteiger partial charge in [0.15, 0.2) is 0 Å². The molecule has 2 aromatic rings. The standard InChI is InChI=1S/C22H22N4O4/c1-14(27)23-16-8-4-9-17(12-16)24-19(28)13-26-20(29)22(25-21(26)30)11-5-7-15-6-2-3-10-18(15)22/h2-4,6,8-10,12H,5,7,11,13H2,1H3,(H,23,27)(H,24,28)(H,25,30)/t22-/m0/s1. The number of urea groups is 1. The van der Waals surface area contributed by atoms with Crippen LogP contribution in [-0.2, 0) is 26.3 Å². The number of carbonyl (C=O) groups excluding carboxylic acids is 4. The van der Waals surface area contributed by atoms with Crippen molar-refractivity contribution in [1.82, 2.24) is 10.2 Å². The molecular weight excluding hydrogens is 384 g/mol. The van der Waals surface area contributed by atoms with E-state index in [1.54, 1.807) is 24.3 Å². The average molecular weight is 406 g/mol. The molecule has 5 amide bonds. The molecule has 4 rings (SSSR count). The summed E-state index contributed by atoms with van der Waals surface area (Å²) in [6.45, 7) is 1.00. The topological polar surface area (TPSA) is 108 Å². The maximum atomic E-state index is 13.2. The van der Waals surface area contributed by atoms with Crippen LogP contribution in [0.25, 0.3) is 0 Å². The lowest BCUT2D eigenvalue weighted by molar-refractivity contribution is -0.134. The zero-order chi connectivity index (χ0) is 21.3. The summed E-state index contributed by atoms with van der Waals surface area (Å²) in [4.78, 5) is 50.5. The molecule has 0 aromatic heterocycles. The van der Waals surface area contributed by atoms with Crippen LogP contribution < -0.4 is 16.0 Å². The Balaban J connectivity index is 1.50. The molecule has 0 bridgehead atoms. The van der Waals surface area contributed by atoms with Crippen LogP contribution in [0.5, 0.6) is 0 Å². The third kappa shape index (κ3) is 3.52. The fraction of sp³-hybridized carbons (Fsp3) is 0.273. The van der Waals surface area contributed by atoms with Crippen molar-refractivity contribution in [2.24, 2.45) is 0 Å². The molecule has 1 spiro atoms. The molecule has 1 aliphatic heterocycles. The van der Waals surface area contributed by atoms with Crippen molar-refractivity contribution in [2.45, 2.75) is 31.7 Å². The number of amides is 5. The summed E-state index contributed by atoms with van der Waals surface area (Å²) in [5, 5.41) is 8.14. The first-order valence-corrected chi connectivity index (χ1v) is 9.79. The predicted octanol–water partition coefficient (Wildman–Crippen LogP) is 2.37. The van der Waals surface area contributed by atoms with Gasteiger partial charge in [-0.2, -0.15) is 0 Å². The number of imide groups is 1. The highest BCUT2D eigenvalue weighted by Gasteiger charge is 2.54. The van der Waals surface area contributed by atoms with Gasteiger partial charge in [0.05, 0.1) is 0 Å². The van der Waals surface area contributed by atoms with Gasteiger partial charge in [0.1, 0.15) is 12.1 Å². The minimum Gasteiger partial charge on any atom is -0.326 e. The van der Waals surface area contributed by atoms with E-state index in [-0.39, 0.29) is 12.5 Å². The minimum absolute atomic E-state index is 0.226. The van der Waals surface area contributed by atoms with Gasteiger partial charge < -0.3 is 16.0 Å². The normalized spacial score (nSPS) is 20.0. The molecule has 0 radical (unpaired) electrons. The van der Waals surface area contributed by atoms with Gasteiger partial charge in [-0.25, -0.2) is 4.79 Å². The van der Waals surface area contributed by atoms with Crippen molar-refractivity contribution in [3.63, 3.8) is 0 Å². The van der Waals surface area contributed by atoms with Crippen LogP contribution in [0.15, 0.2) is 48.5 Å². The molecule has 0 saturated carbocycles. The van der Waals surface area contributed by atoms with Crippen molar-refractivity contribution < 1.29 is 19.2 Å². The predicted molar refractivity (Wildman–Crippen MR) is 111 cm³/mol. The van der Waals surface area contributed by atoms with Crippen LogP contribution in [0.1, 0.15) is 30.9 Å². The SMILES string of the molecule is CC(=O)Nc1cccc(NC(=O)CN2C(=O)N[C@]3(CCCc4ccccc43)C2=O)c1. The van der Waals surface area contributed by atoms with Crippen molar-refractivity contribution in [3.8, 4) is 0 Å². The number of nitrogens with one attached hydrogen (secondary N) is 3. The number of hydrogen-bond donors (Lipinski definition) is 3. The van der Waals surface area contributed by atoms with Gasteiger partial charge in [-0.3, -0.25) is 19.3 Å². The Morgan fingerprint density at radius 2 is 1.80 bits per heavy atom. The molecule has 2 aliphatic rings. The van der Waals surface area contributed by atoms with Gasteiger partial charge in [0.2, 0.25) is 11.8 Å². The highest BCUT2D eigenvalue weighted by molar-refractivity contribution is 6.10. The van der Waals surface area contributed by atoms with Crippen LogP contribution in [0, 0.1) is 0 Å². The van der Waals surface area contributed by atoms with E-state index in [1.807, 2.05) is 24.3 Å². The maximum Gasteiger partial charge on any atom is 0.325 e. The van der Waals surface area contributed by atoms with E-state index < -0.39 is 23.4 Å². The van der Waals surface area contributed by atoms with Crippen LogP contribution in [0.3, 0.4) is 0 Å². The number of nitrogens with zero attached hydrogens (tertiary/aromatic N) is 1. The molecule has 1 atom stereocenters. The molecule has 1 heterocycles. The summed E-state index contributed by atoms with van der Waals surface area (Å²) in [6, 6.07) is 13.7. The van der Waals surface area contributed by atoms with Crippen LogP contribution in [0.2, 0.25) is 0 Å². The molecule has 1 aliphatic carbocycles. The second-order valence-corrected chi connectivity index (χ2v) is 7.55. The summed E-state index contributed by atoms with van der Waals surface area (Å²) in [6.07, 6.45) is 2.14. The lowest BCUT2D eigenvalue weighted by atomic mass is 9.76. The van der Waals surface area contributed by atoms with E-state index in [0.29, 0.717) is 17.8 Å². The van der Waals surface area contributed by atoms with Gasteiger partial charge in [-0.1, -0.05) is 30.3 Å². The number of aryl methyl sites for hydroxylation is 1. The lowest BCUT2D eigenvalue weighted by Crippen LogP contribution is -2.47. The maximum absolute atomic E-state index is 13.2. The van der Waals surface area contributed by atoms with Crippen molar-refractivity contribution in [2.75, 3.05) is 17.2 Å². The fourth-order valence-corrected chi connectivity index (χ4v) is 4.18. The summed E-state index contributed by atoms with van der Waals surface area (Å²) in [7, 11) is 0. The van der Waals surface area contributed by atoms with E-state index in [1.165, 1.54) is 6.92 Å². The molecule has 0 unspecified atom stereocenters. The van der Waals surface area contributed by atoms with Gasteiger partial charge in [0, 0.05) is 18.3 Å². The quantitative estimate of drug-likeness (QED) is 0.678. The number of anilines is 2. The van der Waals surface area contributed by atoms with Gasteiger partial charge in [-0.15, -0.1) is 0 Å². The molecular formula is C22H22N4O4. The third-order valence-electron chi connectivity index (χ3n) is 5.42. The lowest BCUT2D eigenvalue weighted by Gasteiger charge is -2.33. The van der Waals surface area contributed by atoms with Gasteiger partial charge >= 0.3 is 6.03 Å². The summed E-state index contributed by atoms with van der Waals surface area (Å²) < 4.78 is 0. The molecule has 30 heavy (non-hydrogen) atoms. The first-order chi connectivity index (χ1) is 14.4. The van der Waals surface area contributed by atoms with Crippen molar-refractivity contribution in [1.29, 1.82) is 0 Å². The first kappa shape index (κ1) is 19.6. The molecule has 1 saturated heterocycles. The zero-order valence-electron chi connectivity index (χ0n) is 16.5. The average Bonchev–Trinajstić information content (AvgIpc) is 2.93. The van der Waals surface area contributed by atoms with E-state index in [0.717, 1.165) is 28.9 Å². The number of carbonyl (C=O) groups is 4. The summed E-state index contributed by atoms with van der Waals surface area (Å²) in [5.41, 5.74) is 1.74. The molecule has 3 N–H and O–H groups in total. The molecule has 2 aromatic carbocycles. The Labute approximate surface area is 173 Å². The van der Waals surface area contributed by atoms with Gasteiger partial charge in [0.25, 0.3) is 5.91 Å². The number of rotatable bonds is 4. The molecule has 1 fully saturated rings. The largest absolute Gasteiger partial charge is 0.326 e. The van der Waals surface area contributed by atoms with E-state index in [4.69, 9.17) is 0 Å². The monoisotopic (exact) mass is 406 g/mol. The molecule has 8 nitrogen and oxygen atoms in total. The number of benzene rings is 2.